The molecule has 1 aliphatic rings. The van der Waals surface area contributed by atoms with Crippen LogP contribution >= 0.6 is 0 Å². The number of nitrogens with zero attached hydrogens (tertiary/aromatic N) is 1. The molecule has 1 rings (SSSR count). The summed E-state index contributed by atoms with van der Waals surface area (Å²) in [6.07, 6.45) is 3.18. The van der Waals surface area contributed by atoms with Gasteiger partial charge in [-0.1, -0.05) is 6.92 Å². The van der Waals surface area contributed by atoms with Gasteiger partial charge in [0, 0.05) is 0 Å². The van der Waals surface area contributed by atoms with Crippen LogP contribution in [0.5, 0.6) is 0 Å². The first-order chi connectivity index (χ1) is 6.15. The summed E-state index contributed by atoms with van der Waals surface area (Å²) >= 11 is 0. The van der Waals surface area contributed by atoms with E-state index in [0.717, 1.165) is 19.5 Å². The van der Waals surface area contributed by atoms with Gasteiger partial charge in [0.15, 0.2) is 0 Å². The number of nitrogens with one attached hydrogen (secondary N) is 1. The van der Waals surface area contributed by atoms with Gasteiger partial charge in [0.25, 0.3) is 5.91 Å². The molecular weight excluding hydrogens is 166 g/mol. The highest BCUT2D eigenvalue weighted by atomic mass is 16.2. The van der Waals surface area contributed by atoms with E-state index in [0.29, 0.717) is 0 Å². The Kier molecular flexibility index (Phi) is 3.27. The number of amides is 1. The van der Waals surface area contributed by atoms with Gasteiger partial charge >= 0.3 is 0 Å². The van der Waals surface area contributed by atoms with Crippen molar-refractivity contribution in [2.45, 2.75) is 38.6 Å². The lowest BCUT2D eigenvalue weighted by molar-refractivity contribution is -0.132. The molecule has 3 N–H and O–H groups in total. The summed E-state index contributed by atoms with van der Waals surface area (Å²) < 4.78 is 0. The molecule has 4 nitrogen and oxygen atoms in total. The van der Waals surface area contributed by atoms with Crippen molar-refractivity contribution in [3.8, 4) is 0 Å². The van der Waals surface area contributed by atoms with Gasteiger partial charge in [0.1, 0.15) is 0 Å². The summed E-state index contributed by atoms with van der Waals surface area (Å²) in [6.45, 7) is 6.00. The molecule has 0 aromatic heterocycles. The van der Waals surface area contributed by atoms with Crippen LogP contribution in [-0.4, -0.2) is 29.4 Å². The number of hydrogen-bond acceptors (Lipinski definition) is 3. The number of rotatable bonds is 3. The maximum atomic E-state index is 11.6. The smallest absolute Gasteiger partial charge is 0.254 e. The molecule has 0 spiro atoms. The summed E-state index contributed by atoms with van der Waals surface area (Å²) in [4.78, 5) is 13.8. The fourth-order valence-corrected chi connectivity index (χ4v) is 1.89. The molecular formula is C9H19N3O. The van der Waals surface area contributed by atoms with Crippen molar-refractivity contribution in [1.82, 2.24) is 10.3 Å². The molecule has 0 saturated carbocycles. The van der Waals surface area contributed by atoms with Crippen LogP contribution < -0.4 is 11.3 Å². The third-order valence-corrected chi connectivity index (χ3v) is 3.11. The van der Waals surface area contributed by atoms with Gasteiger partial charge in [0.05, 0.1) is 5.54 Å². The van der Waals surface area contributed by atoms with Crippen molar-refractivity contribution in [1.29, 1.82) is 0 Å². The van der Waals surface area contributed by atoms with E-state index in [1.54, 1.807) is 0 Å². The molecule has 1 heterocycles. The second-order valence-electron chi connectivity index (χ2n) is 3.80. The van der Waals surface area contributed by atoms with Crippen molar-refractivity contribution in [3.05, 3.63) is 0 Å². The first kappa shape index (κ1) is 10.5. The molecule has 4 heteroatoms. The lowest BCUT2D eigenvalue weighted by atomic mass is 9.96. The summed E-state index contributed by atoms with van der Waals surface area (Å²) in [7, 11) is 0. The molecule has 0 aliphatic carbocycles. The van der Waals surface area contributed by atoms with E-state index in [9.17, 15) is 4.79 Å². The Morgan fingerprint density at radius 2 is 2.08 bits per heavy atom. The van der Waals surface area contributed by atoms with Gasteiger partial charge in [0.2, 0.25) is 0 Å². The van der Waals surface area contributed by atoms with Crippen molar-refractivity contribution < 1.29 is 4.79 Å². The van der Waals surface area contributed by atoms with E-state index in [4.69, 9.17) is 5.84 Å². The monoisotopic (exact) mass is 185 g/mol. The minimum atomic E-state index is -0.411. The quantitative estimate of drug-likeness (QED) is 0.376. The zero-order chi connectivity index (χ0) is 9.90. The number of hydrazine groups is 1. The average molecular weight is 185 g/mol. The Bertz CT molecular complexity index is 189. The van der Waals surface area contributed by atoms with Crippen LogP contribution in [0.15, 0.2) is 0 Å². The molecule has 0 unspecified atom stereocenters. The number of likely N-dealkylation sites (tertiary alicyclic amines) is 1. The van der Waals surface area contributed by atoms with Crippen LogP contribution in [0, 0.1) is 0 Å². The Labute approximate surface area is 79.4 Å². The molecule has 1 fully saturated rings. The highest BCUT2D eigenvalue weighted by molar-refractivity contribution is 5.85. The van der Waals surface area contributed by atoms with Crippen molar-refractivity contribution in [2.24, 2.45) is 5.84 Å². The van der Waals surface area contributed by atoms with Crippen LogP contribution in [0.4, 0.5) is 0 Å². The fourth-order valence-electron chi connectivity index (χ4n) is 1.89. The zero-order valence-electron chi connectivity index (χ0n) is 8.47. The Hall–Kier alpha value is -0.610. The van der Waals surface area contributed by atoms with Crippen LogP contribution in [0.25, 0.3) is 0 Å². The Morgan fingerprint density at radius 3 is 2.46 bits per heavy atom. The molecule has 0 radical (unpaired) electrons. The van der Waals surface area contributed by atoms with Crippen molar-refractivity contribution >= 4 is 5.91 Å². The number of carbonyl (C=O) groups is 1. The summed E-state index contributed by atoms with van der Waals surface area (Å²) in [5.41, 5.74) is 1.84. The average Bonchev–Trinajstić information content (AvgIpc) is 2.68. The molecule has 1 amide bonds. The van der Waals surface area contributed by atoms with Crippen LogP contribution in [-0.2, 0) is 4.79 Å². The third-order valence-electron chi connectivity index (χ3n) is 3.11. The second-order valence-corrected chi connectivity index (χ2v) is 3.80. The SMILES string of the molecule is CC[C@](C)(C(=O)NN)N1CCCC1. The molecule has 76 valence electrons. The summed E-state index contributed by atoms with van der Waals surface area (Å²) in [5.74, 6) is 5.10. The zero-order valence-corrected chi connectivity index (χ0v) is 8.47. The molecule has 0 aromatic rings. The molecule has 0 bridgehead atoms. The topological polar surface area (TPSA) is 58.4 Å². The van der Waals surface area contributed by atoms with Crippen LogP contribution in [0.2, 0.25) is 0 Å². The Balaban J connectivity index is 2.72. The van der Waals surface area contributed by atoms with Crippen LogP contribution in [0.1, 0.15) is 33.1 Å². The molecule has 1 saturated heterocycles. The highest BCUT2D eigenvalue weighted by Gasteiger charge is 2.38. The summed E-state index contributed by atoms with van der Waals surface area (Å²) in [5, 5.41) is 0. The molecule has 13 heavy (non-hydrogen) atoms. The van der Waals surface area contributed by atoms with Gasteiger partial charge in [-0.25, -0.2) is 5.84 Å². The first-order valence-corrected chi connectivity index (χ1v) is 4.91. The van der Waals surface area contributed by atoms with Crippen molar-refractivity contribution in [3.63, 3.8) is 0 Å². The van der Waals surface area contributed by atoms with Gasteiger partial charge in [-0.15, -0.1) is 0 Å². The highest BCUT2D eigenvalue weighted by Crippen LogP contribution is 2.24. The number of nitrogens with two attached hydrogens (primary N) is 1. The minimum absolute atomic E-state index is 0.0723. The summed E-state index contributed by atoms with van der Waals surface area (Å²) in [6, 6.07) is 0. The number of carbonyl (C=O) groups excluding carboxylic acids is 1. The molecule has 1 aliphatic heterocycles. The van der Waals surface area contributed by atoms with Crippen molar-refractivity contribution in [2.75, 3.05) is 13.1 Å². The normalized spacial score (nSPS) is 22.7. The van der Waals surface area contributed by atoms with E-state index in [-0.39, 0.29) is 5.91 Å². The van der Waals surface area contributed by atoms with Crippen LogP contribution in [0.3, 0.4) is 0 Å². The predicted octanol–water partition coefficient (Wildman–Crippen LogP) is 0.241. The second kappa shape index (κ2) is 4.07. The van der Waals surface area contributed by atoms with Gasteiger partial charge < -0.3 is 0 Å². The lowest BCUT2D eigenvalue weighted by Crippen LogP contribution is -2.57. The standard InChI is InChI=1S/C9H19N3O/c1-3-9(2,8(13)11-10)12-6-4-5-7-12/h3-7,10H2,1-2H3,(H,11,13)/t9-/m1/s1. The fraction of sp³-hybridized carbons (Fsp3) is 0.889. The van der Waals surface area contributed by atoms with Gasteiger partial charge in [-0.3, -0.25) is 15.1 Å². The van der Waals surface area contributed by atoms with E-state index < -0.39 is 5.54 Å². The maximum absolute atomic E-state index is 11.6. The van der Waals surface area contributed by atoms with E-state index in [1.807, 2.05) is 13.8 Å². The van der Waals surface area contributed by atoms with Gasteiger partial charge in [-0.05, 0) is 39.3 Å². The van der Waals surface area contributed by atoms with E-state index in [1.165, 1.54) is 12.8 Å². The first-order valence-electron chi connectivity index (χ1n) is 4.91. The number of hydrogen-bond donors (Lipinski definition) is 2. The third kappa shape index (κ3) is 1.84. The minimum Gasteiger partial charge on any atom is -0.293 e. The Morgan fingerprint density at radius 1 is 1.54 bits per heavy atom. The van der Waals surface area contributed by atoms with E-state index >= 15 is 0 Å². The lowest BCUT2D eigenvalue weighted by Gasteiger charge is -2.35. The van der Waals surface area contributed by atoms with Gasteiger partial charge in [-0.2, -0.15) is 0 Å². The van der Waals surface area contributed by atoms with E-state index in [2.05, 4.69) is 10.3 Å². The predicted molar refractivity (Wildman–Crippen MR) is 51.8 cm³/mol. The molecule has 1 atom stereocenters. The largest absolute Gasteiger partial charge is 0.293 e. The maximum Gasteiger partial charge on any atom is 0.254 e. The molecule has 0 aromatic carbocycles.